The predicted molar refractivity (Wildman–Crippen MR) is 109 cm³/mol. The van der Waals surface area contributed by atoms with E-state index in [1.807, 2.05) is 6.08 Å². The minimum atomic E-state index is -4.42. The summed E-state index contributed by atoms with van der Waals surface area (Å²) in [5, 5.41) is 0. The molecule has 2 aromatic heterocycles. The van der Waals surface area contributed by atoms with Crippen molar-refractivity contribution in [1.82, 2.24) is 14.5 Å². The topological polar surface area (TPSA) is 77.0 Å². The van der Waals surface area contributed by atoms with Crippen LogP contribution in [-0.2, 0) is 12.7 Å². The summed E-state index contributed by atoms with van der Waals surface area (Å²) in [6.45, 7) is 0.713. The molecule has 2 N–H and O–H groups in total. The Morgan fingerprint density at radius 3 is 2.52 bits per heavy atom. The summed E-state index contributed by atoms with van der Waals surface area (Å²) in [7, 11) is 0. The minimum Gasteiger partial charge on any atom is -0.335 e. The SMILES string of the molecule is NC1CN(c2ncn(Cc3ccc(C(F)(F)F)s3)c(=O)n2)CC=C1c1ccc(F)cc1. The molecule has 1 atom stereocenters. The van der Waals surface area contributed by atoms with Gasteiger partial charge in [-0.2, -0.15) is 18.2 Å². The predicted octanol–water partition coefficient (Wildman–Crippen LogP) is 3.14. The van der Waals surface area contributed by atoms with Gasteiger partial charge in [-0.1, -0.05) is 18.2 Å². The van der Waals surface area contributed by atoms with E-state index in [4.69, 9.17) is 5.73 Å². The maximum absolute atomic E-state index is 13.1. The van der Waals surface area contributed by atoms with Gasteiger partial charge >= 0.3 is 11.9 Å². The normalized spacial score (nSPS) is 17.0. The first-order valence-electron chi connectivity index (χ1n) is 9.26. The minimum absolute atomic E-state index is 0.0476. The van der Waals surface area contributed by atoms with Gasteiger partial charge in [-0.15, -0.1) is 11.3 Å². The molecule has 1 aromatic carbocycles. The first-order chi connectivity index (χ1) is 14.7. The number of aromatic nitrogens is 3. The number of alkyl halides is 3. The molecule has 0 radical (unpaired) electrons. The Kier molecular flexibility index (Phi) is 5.63. The number of anilines is 1. The van der Waals surface area contributed by atoms with Crippen LogP contribution in [-0.4, -0.2) is 33.7 Å². The van der Waals surface area contributed by atoms with Crippen LogP contribution < -0.4 is 16.3 Å². The molecule has 3 aromatic rings. The van der Waals surface area contributed by atoms with E-state index >= 15 is 0 Å². The lowest BCUT2D eigenvalue weighted by molar-refractivity contribution is -0.134. The van der Waals surface area contributed by atoms with E-state index < -0.39 is 22.8 Å². The molecule has 0 spiro atoms. The van der Waals surface area contributed by atoms with Gasteiger partial charge in [0.15, 0.2) is 0 Å². The zero-order valence-corrected chi connectivity index (χ0v) is 16.8. The summed E-state index contributed by atoms with van der Waals surface area (Å²) < 4.78 is 52.5. The Hall–Kier alpha value is -3.05. The summed E-state index contributed by atoms with van der Waals surface area (Å²) in [5.74, 6) is -0.144. The van der Waals surface area contributed by atoms with E-state index in [2.05, 4.69) is 9.97 Å². The van der Waals surface area contributed by atoms with Crippen molar-refractivity contribution in [3.63, 3.8) is 0 Å². The second kappa shape index (κ2) is 8.23. The highest BCUT2D eigenvalue weighted by Crippen LogP contribution is 2.34. The third-order valence-corrected chi connectivity index (χ3v) is 5.94. The number of hydrogen-bond donors (Lipinski definition) is 1. The van der Waals surface area contributed by atoms with Gasteiger partial charge in [0.1, 0.15) is 17.0 Å². The molecule has 0 fully saturated rings. The lowest BCUT2D eigenvalue weighted by Gasteiger charge is -2.31. The standard InChI is InChI=1S/C20H17F4N5OS/c21-13-3-1-12(2-4-13)15-7-8-28(10-16(15)25)18-26-11-29(19(30)27-18)9-14-5-6-17(31-14)20(22,23)24/h1-7,11,16H,8-10,25H2. The molecule has 4 rings (SSSR count). The molecule has 1 aliphatic rings. The molecule has 0 saturated carbocycles. The summed E-state index contributed by atoms with van der Waals surface area (Å²) in [6.07, 6.45) is -1.27. The van der Waals surface area contributed by atoms with Crippen molar-refractivity contribution >= 4 is 22.9 Å². The van der Waals surface area contributed by atoms with Crippen molar-refractivity contribution in [1.29, 1.82) is 0 Å². The largest absolute Gasteiger partial charge is 0.425 e. The van der Waals surface area contributed by atoms with Crippen LogP contribution >= 0.6 is 11.3 Å². The maximum atomic E-state index is 13.1. The van der Waals surface area contributed by atoms with Crippen molar-refractivity contribution in [3.05, 3.63) is 80.4 Å². The number of halogens is 4. The molecule has 11 heteroatoms. The van der Waals surface area contributed by atoms with E-state index in [-0.39, 0.29) is 18.3 Å². The second-order valence-corrected chi connectivity index (χ2v) is 8.18. The van der Waals surface area contributed by atoms with Gasteiger partial charge in [0.05, 0.1) is 6.54 Å². The van der Waals surface area contributed by atoms with E-state index in [0.717, 1.165) is 21.8 Å². The van der Waals surface area contributed by atoms with Crippen LogP contribution in [0.2, 0.25) is 0 Å². The van der Waals surface area contributed by atoms with Gasteiger partial charge in [0.25, 0.3) is 0 Å². The number of benzene rings is 1. The van der Waals surface area contributed by atoms with Gasteiger partial charge < -0.3 is 10.6 Å². The first kappa shape index (κ1) is 21.2. The average molecular weight is 451 g/mol. The van der Waals surface area contributed by atoms with Crippen molar-refractivity contribution in [2.24, 2.45) is 5.73 Å². The zero-order valence-electron chi connectivity index (χ0n) is 16.0. The Morgan fingerprint density at radius 1 is 1.16 bits per heavy atom. The smallest absolute Gasteiger partial charge is 0.335 e. The molecule has 0 amide bonds. The average Bonchev–Trinajstić information content (AvgIpc) is 3.19. The fourth-order valence-corrected chi connectivity index (χ4v) is 4.18. The van der Waals surface area contributed by atoms with Gasteiger partial charge in [-0.05, 0) is 35.4 Å². The third kappa shape index (κ3) is 4.67. The fourth-order valence-electron chi connectivity index (χ4n) is 3.30. The van der Waals surface area contributed by atoms with Crippen molar-refractivity contribution in [2.45, 2.75) is 18.8 Å². The van der Waals surface area contributed by atoms with Crippen LogP contribution in [0, 0.1) is 5.82 Å². The van der Waals surface area contributed by atoms with Gasteiger partial charge in [-0.25, -0.2) is 14.2 Å². The Morgan fingerprint density at radius 2 is 1.90 bits per heavy atom. The quantitative estimate of drug-likeness (QED) is 0.617. The monoisotopic (exact) mass is 451 g/mol. The molecule has 0 bridgehead atoms. The Bertz CT molecular complexity index is 1170. The fraction of sp³-hybridized carbons (Fsp3) is 0.250. The van der Waals surface area contributed by atoms with E-state index in [1.165, 1.54) is 24.5 Å². The summed E-state index contributed by atoms with van der Waals surface area (Å²) in [4.78, 5) is 21.9. The molecule has 31 heavy (non-hydrogen) atoms. The molecular weight excluding hydrogens is 434 g/mol. The van der Waals surface area contributed by atoms with Crippen molar-refractivity contribution < 1.29 is 17.6 Å². The van der Waals surface area contributed by atoms with Gasteiger partial charge in [-0.3, -0.25) is 4.57 Å². The summed E-state index contributed by atoms with van der Waals surface area (Å²) in [6, 6.07) is 7.97. The number of hydrogen-bond acceptors (Lipinski definition) is 6. The number of thiophene rings is 1. The van der Waals surface area contributed by atoms with Crippen LogP contribution in [0.25, 0.3) is 5.57 Å². The molecule has 3 heterocycles. The highest BCUT2D eigenvalue weighted by molar-refractivity contribution is 7.12. The number of nitrogens with zero attached hydrogens (tertiary/aromatic N) is 4. The Labute approximate surface area is 178 Å². The molecule has 6 nitrogen and oxygen atoms in total. The Balaban J connectivity index is 1.49. The molecule has 1 unspecified atom stereocenters. The van der Waals surface area contributed by atoms with E-state index in [1.54, 1.807) is 17.0 Å². The number of rotatable bonds is 4. The second-order valence-electron chi connectivity index (χ2n) is 7.01. The lowest BCUT2D eigenvalue weighted by atomic mass is 9.95. The van der Waals surface area contributed by atoms with Crippen LogP contribution in [0.15, 0.2) is 53.6 Å². The van der Waals surface area contributed by atoms with Gasteiger partial charge in [0.2, 0.25) is 5.95 Å². The van der Waals surface area contributed by atoms with Gasteiger partial charge in [0, 0.05) is 24.0 Å². The van der Waals surface area contributed by atoms with E-state index in [9.17, 15) is 22.4 Å². The zero-order chi connectivity index (χ0) is 22.2. The highest BCUT2D eigenvalue weighted by Gasteiger charge is 2.32. The first-order valence-corrected chi connectivity index (χ1v) is 10.1. The van der Waals surface area contributed by atoms with Crippen LogP contribution in [0.5, 0.6) is 0 Å². The lowest BCUT2D eigenvalue weighted by Crippen LogP contribution is -2.44. The molecule has 0 aliphatic carbocycles. The molecular formula is C20H17F4N5OS. The number of nitrogens with two attached hydrogens (primary N) is 1. The maximum Gasteiger partial charge on any atom is 0.425 e. The summed E-state index contributed by atoms with van der Waals surface area (Å²) in [5.41, 5.74) is 7.32. The molecule has 162 valence electrons. The van der Waals surface area contributed by atoms with Crippen molar-refractivity contribution in [3.8, 4) is 0 Å². The van der Waals surface area contributed by atoms with Crippen molar-refractivity contribution in [2.75, 3.05) is 18.0 Å². The van der Waals surface area contributed by atoms with E-state index in [0.29, 0.717) is 29.3 Å². The molecule has 0 saturated heterocycles. The highest BCUT2D eigenvalue weighted by atomic mass is 32.1. The van der Waals surface area contributed by atoms with Crippen LogP contribution in [0.4, 0.5) is 23.5 Å². The third-order valence-electron chi connectivity index (χ3n) is 4.83. The molecule has 1 aliphatic heterocycles. The van der Waals surface area contributed by atoms with Crippen LogP contribution in [0.1, 0.15) is 15.3 Å². The van der Waals surface area contributed by atoms with Crippen LogP contribution in [0.3, 0.4) is 0 Å². The summed E-state index contributed by atoms with van der Waals surface area (Å²) >= 11 is 0.576.